The van der Waals surface area contributed by atoms with E-state index in [0.717, 1.165) is 6.07 Å². The van der Waals surface area contributed by atoms with E-state index in [1.165, 1.54) is 16.8 Å². The molecule has 0 aliphatic rings. The van der Waals surface area contributed by atoms with Crippen molar-refractivity contribution in [3.63, 3.8) is 0 Å². The second kappa shape index (κ2) is 4.04. The number of anilines is 1. The van der Waals surface area contributed by atoms with Gasteiger partial charge in [-0.2, -0.15) is 0 Å². The Bertz CT molecular complexity index is 584. The number of halogens is 2. The average molecular weight is 252 g/mol. The third-order valence-corrected chi connectivity index (χ3v) is 2.54. The lowest BCUT2D eigenvalue weighted by Crippen LogP contribution is -2.19. The topological polar surface area (TPSA) is 56.7 Å². The normalized spacial score (nSPS) is 11.8. The number of hydrogen-bond acceptors (Lipinski definition) is 3. The summed E-state index contributed by atoms with van der Waals surface area (Å²) >= 11 is 0. The van der Waals surface area contributed by atoms with E-state index in [0.29, 0.717) is 5.69 Å². The minimum Gasteiger partial charge on any atom is -0.381 e. The molecule has 0 saturated heterocycles. The molecule has 0 spiro atoms. The molecule has 0 amide bonds. The first-order chi connectivity index (χ1) is 8.30. The van der Waals surface area contributed by atoms with Crippen molar-refractivity contribution in [2.75, 3.05) is 5.73 Å². The van der Waals surface area contributed by atoms with Crippen LogP contribution in [0.5, 0.6) is 0 Å². The fraction of sp³-hybridized carbons (Fsp3) is 0.333. The molecule has 0 radical (unpaired) electrons. The van der Waals surface area contributed by atoms with Crippen LogP contribution >= 0.6 is 0 Å². The summed E-state index contributed by atoms with van der Waals surface area (Å²) in [4.78, 5) is 0. The zero-order valence-electron chi connectivity index (χ0n) is 10.4. The zero-order chi connectivity index (χ0) is 13.5. The van der Waals surface area contributed by atoms with Crippen molar-refractivity contribution >= 4 is 5.82 Å². The van der Waals surface area contributed by atoms with E-state index < -0.39 is 11.6 Å². The summed E-state index contributed by atoms with van der Waals surface area (Å²) in [5.41, 5.74) is 6.12. The SMILES string of the molecule is CC(C)(C)c1c(N)nnn1-c1ccc(F)cc1F. The van der Waals surface area contributed by atoms with Gasteiger partial charge in [0, 0.05) is 11.5 Å². The summed E-state index contributed by atoms with van der Waals surface area (Å²) in [7, 11) is 0. The highest BCUT2D eigenvalue weighted by Gasteiger charge is 2.26. The van der Waals surface area contributed by atoms with E-state index in [-0.39, 0.29) is 16.9 Å². The number of rotatable bonds is 1. The largest absolute Gasteiger partial charge is 0.381 e. The molecule has 4 nitrogen and oxygen atoms in total. The molecule has 96 valence electrons. The Labute approximate surface area is 103 Å². The second-order valence-corrected chi connectivity index (χ2v) is 5.08. The maximum atomic E-state index is 13.7. The highest BCUT2D eigenvalue weighted by Crippen LogP contribution is 2.29. The van der Waals surface area contributed by atoms with Crippen LogP contribution in [0.15, 0.2) is 18.2 Å². The van der Waals surface area contributed by atoms with Crippen molar-refractivity contribution in [3.8, 4) is 5.69 Å². The van der Waals surface area contributed by atoms with E-state index in [1.54, 1.807) is 0 Å². The van der Waals surface area contributed by atoms with Gasteiger partial charge in [-0.1, -0.05) is 26.0 Å². The number of nitrogens with two attached hydrogens (primary N) is 1. The minimum atomic E-state index is -0.703. The number of benzene rings is 1. The standard InChI is InChI=1S/C12H14F2N4/c1-12(2,3)10-11(15)16-17-18(10)9-5-4-7(13)6-8(9)14/h4-6H,15H2,1-3H3. The molecule has 0 aliphatic carbocycles. The first-order valence-corrected chi connectivity index (χ1v) is 5.48. The zero-order valence-corrected chi connectivity index (χ0v) is 10.4. The molecule has 0 fully saturated rings. The molecule has 2 aromatic rings. The summed E-state index contributed by atoms with van der Waals surface area (Å²) in [5, 5.41) is 7.58. The third kappa shape index (κ3) is 2.05. The van der Waals surface area contributed by atoms with Crippen LogP contribution < -0.4 is 5.73 Å². The Balaban J connectivity index is 2.65. The van der Waals surface area contributed by atoms with Gasteiger partial charge in [0.15, 0.2) is 11.6 Å². The lowest BCUT2D eigenvalue weighted by atomic mass is 9.91. The van der Waals surface area contributed by atoms with Gasteiger partial charge in [-0.05, 0) is 12.1 Å². The average Bonchev–Trinajstić information content (AvgIpc) is 2.59. The monoisotopic (exact) mass is 252 g/mol. The maximum absolute atomic E-state index is 13.7. The number of hydrogen-bond donors (Lipinski definition) is 1. The summed E-state index contributed by atoms with van der Waals surface area (Å²) in [5.74, 6) is -1.10. The highest BCUT2D eigenvalue weighted by atomic mass is 19.1. The smallest absolute Gasteiger partial charge is 0.170 e. The third-order valence-electron chi connectivity index (χ3n) is 2.54. The lowest BCUT2D eigenvalue weighted by Gasteiger charge is -2.20. The van der Waals surface area contributed by atoms with Gasteiger partial charge in [0.05, 0.1) is 5.69 Å². The Morgan fingerprint density at radius 3 is 2.44 bits per heavy atom. The van der Waals surface area contributed by atoms with Crippen LogP contribution in [-0.4, -0.2) is 15.0 Å². The van der Waals surface area contributed by atoms with Crippen molar-refractivity contribution in [3.05, 3.63) is 35.5 Å². The van der Waals surface area contributed by atoms with Gasteiger partial charge in [-0.3, -0.25) is 0 Å². The van der Waals surface area contributed by atoms with Gasteiger partial charge >= 0.3 is 0 Å². The van der Waals surface area contributed by atoms with Gasteiger partial charge < -0.3 is 5.73 Å². The molecular weight excluding hydrogens is 238 g/mol. The first-order valence-electron chi connectivity index (χ1n) is 5.48. The highest BCUT2D eigenvalue weighted by molar-refractivity contribution is 5.44. The maximum Gasteiger partial charge on any atom is 0.170 e. The van der Waals surface area contributed by atoms with Crippen molar-refractivity contribution in [2.24, 2.45) is 0 Å². The Kier molecular flexibility index (Phi) is 2.80. The quantitative estimate of drug-likeness (QED) is 0.848. The summed E-state index contributed by atoms with van der Waals surface area (Å²) in [6, 6.07) is 3.29. The number of nitrogen functional groups attached to an aromatic ring is 1. The molecule has 1 heterocycles. The minimum absolute atomic E-state index is 0.130. The second-order valence-electron chi connectivity index (χ2n) is 5.08. The molecule has 0 bridgehead atoms. The van der Waals surface area contributed by atoms with E-state index in [4.69, 9.17) is 5.73 Å². The van der Waals surface area contributed by atoms with E-state index in [2.05, 4.69) is 10.3 Å². The molecule has 1 aromatic carbocycles. The van der Waals surface area contributed by atoms with Crippen LogP contribution in [0.3, 0.4) is 0 Å². The predicted molar refractivity (Wildman–Crippen MR) is 64.4 cm³/mol. The molecule has 0 atom stereocenters. The van der Waals surface area contributed by atoms with Crippen molar-refractivity contribution in [1.82, 2.24) is 15.0 Å². The van der Waals surface area contributed by atoms with Gasteiger partial charge in [0.2, 0.25) is 0 Å². The van der Waals surface area contributed by atoms with Gasteiger partial charge in [0.25, 0.3) is 0 Å². The Morgan fingerprint density at radius 1 is 1.22 bits per heavy atom. The van der Waals surface area contributed by atoms with E-state index >= 15 is 0 Å². The summed E-state index contributed by atoms with van der Waals surface area (Å²) in [6.45, 7) is 5.75. The number of aromatic nitrogens is 3. The first kappa shape index (κ1) is 12.5. The molecule has 0 saturated carbocycles. The van der Waals surface area contributed by atoms with Gasteiger partial charge in [-0.25, -0.2) is 13.5 Å². The predicted octanol–water partition coefficient (Wildman–Crippen LogP) is 2.43. The number of nitrogens with zero attached hydrogens (tertiary/aromatic N) is 3. The fourth-order valence-corrected chi connectivity index (χ4v) is 1.82. The molecule has 0 aliphatic heterocycles. The summed E-state index contributed by atoms with van der Waals surface area (Å²) in [6.07, 6.45) is 0. The Morgan fingerprint density at radius 2 is 1.89 bits per heavy atom. The molecule has 2 rings (SSSR count). The molecule has 6 heteroatoms. The fourth-order valence-electron chi connectivity index (χ4n) is 1.82. The van der Waals surface area contributed by atoms with Crippen LogP contribution in [0.2, 0.25) is 0 Å². The molecular formula is C12H14F2N4. The van der Waals surface area contributed by atoms with E-state index in [1.807, 2.05) is 20.8 Å². The Hall–Kier alpha value is -1.98. The van der Waals surface area contributed by atoms with E-state index in [9.17, 15) is 8.78 Å². The van der Waals surface area contributed by atoms with Crippen LogP contribution in [0.4, 0.5) is 14.6 Å². The van der Waals surface area contributed by atoms with Crippen LogP contribution in [0, 0.1) is 11.6 Å². The lowest BCUT2D eigenvalue weighted by molar-refractivity contribution is 0.527. The molecule has 2 N–H and O–H groups in total. The summed E-state index contributed by atoms with van der Waals surface area (Å²) < 4.78 is 27.9. The van der Waals surface area contributed by atoms with Crippen LogP contribution in [0.1, 0.15) is 26.5 Å². The molecule has 18 heavy (non-hydrogen) atoms. The van der Waals surface area contributed by atoms with Crippen molar-refractivity contribution < 1.29 is 8.78 Å². The van der Waals surface area contributed by atoms with Gasteiger partial charge in [-0.15, -0.1) is 5.10 Å². The molecule has 0 unspecified atom stereocenters. The van der Waals surface area contributed by atoms with Crippen molar-refractivity contribution in [2.45, 2.75) is 26.2 Å². The van der Waals surface area contributed by atoms with Crippen LogP contribution in [0.25, 0.3) is 5.69 Å². The van der Waals surface area contributed by atoms with Crippen LogP contribution in [-0.2, 0) is 5.41 Å². The van der Waals surface area contributed by atoms with Crippen molar-refractivity contribution in [1.29, 1.82) is 0 Å². The van der Waals surface area contributed by atoms with Gasteiger partial charge in [0.1, 0.15) is 11.5 Å². The molecule has 1 aromatic heterocycles.